The second kappa shape index (κ2) is 13.2. The first-order valence-corrected chi connectivity index (χ1v) is 14.9. The Morgan fingerprint density at radius 3 is 2.29 bits per heavy atom. The number of likely N-dealkylation sites (tertiary alicyclic amines) is 1. The number of aromatic nitrogens is 1. The van der Waals surface area contributed by atoms with Crippen LogP contribution in [0.4, 0.5) is 4.79 Å². The molecule has 0 spiro atoms. The molecule has 1 aromatic heterocycles. The predicted octanol–water partition coefficient (Wildman–Crippen LogP) is 3.31. The third-order valence-corrected chi connectivity index (χ3v) is 7.83. The molecule has 0 unspecified atom stereocenters. The average molecular weight is 602 g/mol. The van der Waals surface area contributed by atoms with Gasteiger partial charge < -0.3 is 30.7 Å². The van der Waals surface area contributed by atoms with E-state index in [4.69, 9.17) is 4.74 Å². The van der Waals surface area contributed by atoms with E-state index in [1.165, 1.54) is 4.90 Å². The minimum Gasteiger partial charge on any atom is -0.444 e. The number of alkyl carbamates (subject to hydrolysis) is 1. The van der Waals surface area contributed by atoms with Crippen molar-refractivity contribution in [1.82, 2.24) is 25.8 Å². The standard InChI is InChI=1S/C30H43N5O6S/c1-17(19-9-11-20(12-10-19)24-18(2)32-16-42-24)33-26(38)22-13-21(36)15-35(22)27(39)25(29(3,4)5)34-23(37)14-31-28(40)41-30(6,7)8/h9-12,16-17,21-22,25,36H,13-15H2,1-8H3,(H,31,40)(H,33,38)(H,34,37)/t17-,21+,22-,25+/m0/s1. The molecule has 4 N–H and O–H groups in total. The molecule has 230 valence electrons. The van der Waals surface area contributed by atoms with Crippen molar-refractivity contribution < 1.29 is 29.0 Å². The Morgan fingerprint density at radius 1 is 1.10 bits per heavy atom. The number of hydrogen-bond donors (Lipinski definition) is 4. The van der Waals surface area contributed by atoms with E-state index in [2.05, 4.69) is 20.9 Å². The minimum atomic E-state index is -1.01. The van der Waals surface area contributed by atoms with E-state index in [1.54, 1.807) is 58.4 Å². The van der Waals surface area contributed by atoms with Crippen molar-refractivity contribution in [2.45, 2.75) is 91.6 Å². The van der Waals surface area contributed by atoms with Gasteiger partial charge in [-0.2, -0.15) is 0 Å². The molecule has 12 heteroatoms. The van der Waals surface area contributed by atoms with Gasteiger partial charge in [0.25, 0.3) is 0 Å². The molecule has 1 aromatic carbocycles. The van der Waals surface area contributed by atoms with Gasteiger partial charge in [0.05, 0.1) is 28.2 Å². The number of aryl methyl sites for hydroxylation is 1. The molecule has 4 atom stereocenters. The number of thiazole rings is 1. The number of benzene rings is 1. The topological polar surface area (TPSA) is 150 Å². The lowest BCUT2D eigenvalue weighted by Gasteiger charge is -2.35. The summed E-state index contributed by atoms with van der Waals surface area (Å²) >= 11 is 1.57. The third-order valence-electron chi connectivity index (χ3n) is 6.85. The van der Waals surface area contributed by atoms with Crippen LogP contribution in [0.1, 0.15) is 72.2 Å². The number of amides is 4. The van der Waals surface area contributed by atoms with Crippen LogP contribution < -0.4 is 16.0 Å². The van der Waals surface area contributed by atoms with Gasteiger partial charge in [-0.3, -0.25) is 14.4 Å². The number of nitrogens with zero attached hydrogens (tertiary/aromatic N) is 2. The fraction of sp³-hybridized carbons (Fsp3) is 0.567. The Balaban J connectivity index is 1.67. The first kappa shape index (κ1) is 33.0. The van der Waals surface area contributed by atoms with E-state index >= 15 is 0 Å². The molecule has 0 bridgehead atoms. The van der Waals surface area contributed by atoms with Crippen LogP contribution in [0.15, 0.2) is 29.8 Å². The fourth-order valence-electron chi connectivity index (χ4n) is 4.69. The van der Waals surface area contributed by atoms with Gasteiger partial charge in [0.2, 0.25) is 17.7 Å². The Morgan fingerprint density at radius 2 is 1.74 bits per heavy atom. The first-order chi connectivity index (χ1) is 19.5. The molecular weight excluding hydrogens is 558 g/mol. The van der Waals surface area contributed by atoms with Crippen molar-refractivity contribution in [2.75, 3.05) is 13.1 Å². The number of aliphatic hydroxyl groups excluding tert-OH is 1. The number of β-amino-alcohol motifs (C(OH)–C–C–N with tert-alkyl or cyclic N) is 1. The van der Waals surface area contributed by atoms with Crippen molar-refractivity contribution in [3.05, 3.63) is 41.0 Å². The maximum Gasteiger partial charge on any atom is 0.408 e. The van der Waals surface area contributed by atoms with Crippen molar-refractivity contribution in [1.29, 1.82) is 0 Å². The highest BCUT2D eigenvalue weighted by atomic mass is 32.1. The van der Waals surface area contributed by atoms with Gasteiger partial charge in [-0.05, 0) is 51.2 Å². The number of aliphatic hydroxyl groups is 1. The van der Waals surface area contributed by atoms with E-state index in [-0.39, 0.29) is 31.5 Å². The summed E-state index contributed by atoms with van der Waals surface area (Å²) < 4.78 is 5.15. The molecule has 11 nitrogen and oxygen atoms in total. The van der Waals surface area contributed by atoms with Crippen LogP contribution in [0.3, 0.4) is 0 Å². The molecule has 42 heavy (non-hydrogen) atoms. The van der Waals surface area contributed by atoms with Crippen LogP contribution >= 0.6 is 11.3 Å². The highest BCUT2D eigenvalue weighted by Gasteiger charge is 2.44. The van der Waals surface area contributed by atoms with Crippen LogP contribution in [0, 0.1) is 12.3 Å². The van der Waals surface area contributed by atoms with Gasteiger partial charge in [0.1, 0.15) is 24.2 Å². The normalized spacial score (nSPS) is 18.6. The molecule has 0 saturated carbocycles. The first-order valence-electron chi connectivity index (χ1n) is 14.0. The monoisotopic (exact) mass is 601 g/mol. The summed E-state index contributed by atoms with van der Waals surface area (Å²) in [5.74, 6) is -1.46. The molecule has 0 aliphatic carbocycles. The van der Waals surface area contributed by atoms with Crippen molar-refractivity contribution in [3.63, 3.8) is 0 Å². The van der Waals surface area contributed by atoms with Crippen LogP contribution in [0.25, 0.3) is 10.4 Å². The molecule has 2 aromatic rings. The Kier molecular flexibility index (Phi) is 10.4. The van der Waals surface area contributed by atoms with E-state index in [0.29, 0.717) is 0 Å². The van der Waals surface area contributed by atoms with Crippen molar-refractivity contribution >= 4 is 35.2 Å². The van der Waals surface area contributed by atoms with E-state index in [9.17, 15) is 24.3 Å². The lowest BCUT2D eigenvalue weighted by atomic mass is 9.85. The summed E-state index contributed by atoms with van der Waals surface area (Å²) in [5.41, 5.74) is 3.26. The van der Waals surface area contributed by atoms with Gasteiger partial charge in [-0.15, -0.1) is 11.3 Å². The molecule has 2 heterocycles. The molecular formula is C30H43N5O6S. The summed E-state index contributed by atoms with van der Waals surface area (Å²) in [5, 5.41) is 18.5. The highest BCUT2D eigenvalue weighted by Crippen LogP contribution is 2.29. The number of carbonyl (C=O) groups is 4. The number of ether oxygens (including phenoxy) is 1. The van der Waals surface area contributed by atoms with Gasteiger partial charge in [-0.25, -0.2) is 9.78 Å². The summed E-state index contributed by atoms with van der Waals surface area (Å²) in [6.45, 7) is 13.9. The smallest absolute Gasteiger partial charge is 0.408 e. The molecule has 3 rings (SSSR count). The van der Waals surface area contributed by atoms with Crippen LogP contribution in [0.2, 0.25) is 0 Å². The molecule has 1 fully saturated rings. The number of hydrogen-bond acceptors (Lipinski definition) is 8. The molecule has 1 aliphatic rings. The lowest BCUT2D eigenvalue weighted by molar-refractivity contribution is -0.144. The second-order valence-electron chi connectivity index (χ2n) is 12.7. The molecule has 1 saturated heterocycles. The van der Waals surface area contributed by atoms with Crippen molar-refractivity contribution in [2.24, 2.45) is 5.41 Å². The zero-order valence-electron chi connectivity index (χ0n) is 25.6. The Labute approximate surface area is 251 Å². The zero-order chi connectivity index (χ0) is 31.4. The van der Waals surface area contributed by atoms with Crippen molar-refractivity contribution in [3.8, 4) is 10.4 Å². The largest absolute Gasteiger partial charge is 0.444 e. The SMILES string of the molecule is Cc1ncsc1-c1ccc([C@H](C)NC(=O)[C@@H]2C[C@@H](O)CN2C(=O)[C@@H](NC(=O)CNC(=O)OC(C)(C)C)C(C)(C)C)cc1. The average Bonchev–Trinajstić information content (AvgIpc) is 3.49. The van der Waals surface area contributed by atoms with Gasteiger partial charge >= 0.3 is 6.09 Å². The van der Waals surface area contributed by atoms with Crippen LogP contribution in [-0.2, 0) is 19.1 Å². The second-order valence-corrected chi connectivity index (χ2v) is 13.6. The number of nitrogens with one attached hydrogen (secondary N) is 3. The molecule has 1 aliphatic heterocycles. The predicted molar refractivity (Wildman–Crippen MR) is 161 cm³/mol. The quantitative estimate of drug-likeness (QED) is 0.363. The summed E-state index contributed by atoms with van der Waals surface area (Å²) in [4.78, 5) is 58.5. The van der Waals surface area contributed by atoms with E-state index in [0.717, 1.165) is 21.7 Å². The maximum atomic E-state index is 13.8. The lowest BCUT2D eigenvalue weighted by Crippen LogP contribution is -2.58. The van der Waals surface area contributed by atoms with E-state index < -0.39 is 47.1 Å². The summed E-state index contributed by atoms with van der Waals surface area (Å²) in [6.07, 6.45) is -1.55. The Bertz CT molecular complexity index is 1280. The van der Waals surface area contributed by atoms with Crippen LogP contribution in [0.5, 0.6) is 0 Å². The zero-order valence-corrected chi connectivity index (χ0v) is 26.4. The minimum absolute atomic E-state index is 0.0349. The summed E-state index contributed by atoms with van der Waals surface area (Å²) in [7, 11) is 0. The highest BCUT2D eigenvalue weighted by molar-refractivity contribution is 7.13. The van der Waals surface area contributed by atoms with Gasteiger partial charge in [-0.1, -0.05) is 45.0 Å². The number of carbonyl (C=O) groups excluding carboxylic acids is 4. The Hall–Kier alpha value is -3.51. The maximum absolute atomic E-state index is 13.8. The molecule has 0 radical (unpaired) electrons. The van der Waals surface area contributed by atoms with E-state index in [1.807, 2.05) is 38.1 Å². The third kappa shape index (κ3) is 8.75. The van der Waals surface area contributed by atoms with Gasteiger partial charge in [0, 0.05) is 13.0 Å². The van der Waals surface area contributed by atoms with Gasteiger partial charge in [0.15, 0.2) is 0 Å². The molecule has 4 amide bonds. The summed E-state index contributed by atoms with van der Waals surface area (Å²) in [6, 6.07) is 5.61. The number of rotatable bonds is 8. The fourth-order valence-corrected chi connectivity index (χ4v) is 5.51. The van der Waals surface area contributed by atoms with Crippen LogP contribution in [-0.4, -0.2) is 75.7 Å².